The Hall–Kier alpha value is -3.84. The fourth-order valence-electron chi connectivity index (χ4n) is 6.33. The first-order chi connectivity index (χ1) is 18.1. The molecule has 188 valence electrons. The summed E-state index contributed by atoms with van der Waals surface area (Å²) in [5.74, 6) is 1.01. The standard InChI is InChI=1S/C30H31N5O2/c1-3-34-12-14-35(15-13-34)21-7-4-19(5-8-21)28-23-10-6-20(16-27(23)32-33-28)25-18-30(25)24-17-22(37-2)9-11-26(24)31-29(30)36/h4-11,16-17,25H,3,12-15,18H2,1-2H3,(H,31,36)(H,32,33)/t25-,30?/m0/s1. The third-order valence-electron chi connectivity index (χ3n) is 8.64. The molecule has 2 aliphatic heterocycles. The van der Waals surface area contributed by atoms with E-state index in [9.17, 15) is 4.79 Å². The molecule has 2 fully saturated rings. The van der Waals surface area contributed by atoms with Crippen LogP contribution in [0.15, 0.2) is 60.7 Å². The van der Waals surface area contributed by atoms with Crippen LogP contribution in [0.4, 0.5) is 11.4 Å². The van der Waals surface area contributed by atoms with Crippen molar-refractivity contribution in [1.29, 1.82) is 0 Å². The molecule has 1 spiro atoms. The molecule has 3 aromatic carbocycles. The van der Waals surface area contributed by atoms with Gasteiger partial charge in [0.05, 0.1) is 23.7 Å². The lowest BCUT2D eigenvalue weighted by atomic mass is 9.91. The van der Waals surface area contributed by atoms with Gasteiger partial charge in [0.1, 0.15) is 5.75 Å². The quantitative estimate of drug-likeness (QED) is 0.420. The van der Waals surface area contributed by atoms with Crippen LogP contribution in [0.1, 0.15) is 30.4 Å². The number of H-pyrrole nitrogens is 1. The summed E-state index contributed by atoms with van der Waals surface area (Å²) in [5, 5.41) is 12.1. The molecule has 1 saturated carbocycles. The molecule has 2 N–H and O–H groups in total. The number of nitrogens with zero attached hydrogens (tertiary/aromatic N) is 3. The molecule has 3 aliphatic rings. The van der Waals surface area contributed by atoms with Gasteiger partial charge in [0.15, 0.2) is 0 Å². The number of rotatable bonds is 5. The molecule has 1 unspecified atom stereocenters. The van der Waals surface area contributed by atoms with Crippen molar-refractivity contribution in [1.82, 2.24) is 15.1 Å². The number of benzene rings is 3. The first-order valence-corrected chi connectivity index (χ1v) is 13.2. The predicted octanol–water partition coefficient (Wildman–Crippen LogP) is 4.76. The van der Waals surface area contributed by atoms with E-state index in [0.29, 0.717) is 0 Å². The maximum Gasteiger partial charge on any atom is 0.235 e. The molecule has 3 heterocycles. The lowest BCUT2D eigenvalue weighted by Gasteiger charge is -2.35. The zero-order valence-electron chi connectivity index (χ0n) is 21.3. The van der Waals surface area contributed by atoms with Crippen molar-refractivity contribution in [2.75, 3.05) is 50.1 Å². The topological polar surface area (TPSA) is 73.5 Å². The minimum absolute atomic E-state index is 0.0855. The highest BCUT2D eigenvalue weighted by molar-refractivity contribution is 6.10. The van der Waals surface area contributed by atoms with Crippen LogP contribution in [0.5, 0.6) is 5.75 Å². The SMILES string of the molecule is CCN1CCN(c2ccc(-c3n[nH]c4cc([C@@H]5CC56C(=O)Nc5ccc(OC)cc56)ccc34)cc2)CC1. The average Bonchev–Trinajstić information content (AvgIpc) is 3.47. The number of nitrogens with one attached hydrogen (secondary N) is 2. The highest BCUT2D eigenvalue weighted by atomic mass is 16.5. The molecule has 0 radical (unpaired) electrons. The molecule has 37 heavy (non-hydrogen) atoms. The summed E-state index contributed by atoms with van der Waals surface area (Å²) in [6, 6.07) is 21.1. The van der Waals surface area contributed by atoms with Gasteiger partial charge >= 0.3 is 0 Å². The van der Waals surface area contributed by atoms with Crippen LogP contribution < -0.4 is 15.0 Å². The zero-order valence-corrected chi connectivity index (χ0v) is 21.3. The fraction of sp³-hybridized carbons (Fsp3) is 0.333. The van der Waals surface area contributed by atoms with E-state index in [1.165, 1.54) is 5.69 Å². The van der Waals surface area contributed by atoms with E-state index in [-0.39, 0.29) is 11.8 Å². The number of hydrogen-bond acceptors (Lipinski definition) is 5. The van der Waals surface area contributed by atoms with Crippen LogP contribution >= 0.6 is 0 Å². The number of aromatic amines is 1. The van der Waals surface area contributed by atoms with Crippen molar-refractivity contribution in [3.8, 4) is 17.0 Å². The molecule has 7 rings (SSSR count). The van der Waals surface area contributed by atoms with Crippen molar-refractivity contribution in [2.45, 2.75) is 24.7 Å². The lowest BCUT2D eigenvalue weighted by molar-refractivity contribution is -0.118. The summed E-state index contributed by atoms with van der Waals surface area (Å²) >= 11 is 0. The molecule has 1 saturated heterocycles. The number of likely N-dealkylation sites (N-methyl/N-ethyl adjacent to an activating group) is 1. The molecule has 7 nitrogen and oxygen atoms in total. The van der Waals surface area contributed by atoms with Crippen molar-refractivity contribution in [2.24, 2.45) is 0 Å². The second kappa shape index (κ2) is 8.35. The number of piperazine rings is 1. The summed E-state index contributed by atoms with van der Waals surface area (Å²) < 4.78 is 5.43. The van der Waals surface area contributed by atoms with E-state index in [2.05, 4.69) is 74.7 Å². The summed E-state index contributed by atoms with van der Waals surface area (Å²) in [7, 11) is 1.66. The van der Waals surface area contributed by atoms with E-state index in [0.717, 1.165) is 83.9 Å². The van der Waals surface area contributed by atoms with Crippen molar-refractivity contribution in [3.05, 3.63) is 71.8 Å². The number of hydrogen-bond donors (Lipinski definition) is 2. The first-order valence-electron chi connectivity index (χ1n) is 13.2. The van der Waals surface area contributed by atoms with Crippen LogP contribution in [-0.2, 0) is 10.2 Å². The highest BCUT2D eigenvalue weighted by Crippen LogP contribution is 2.65. The molecule has 1 aromatic heterocycles. The summed E-state index contributed by atoms with van der Waals surface area (Å²) in [5.41, 5.74) is 6.94. The predicted molar refractivity (Wildman–Crippen MR) is 147 cm³/mol. The van der Waals surface area contributed by atoms with Gasteiger partial charge in [-0.2, -0.15) is 5.10 Å². The molecule has 0 bridgehead atoms. The Balaban J connectivity index is 1.14. The Morgan fingerprint density at radius 1 is 1.03 bits per heavy atom. The van der Waals surface area contributed by atoms with Gasteiger partial charge < -0.3 is 19.9 Å². The zero-order chi connectivity index (χ0) is 25.1. The number of aromatic nitrogens is 2. The fourth-order valence-corrected chi connectivity index (χ4v) is 6.33. The normalized spacial score (nSPS) is 22.9. The third-order valence-corrected chi connectivity index (χ3v) is 8.64. The third kappa shape index (κ3) is 3.44. The minimum atomic E-state index is -0.501. The maximum absolute atomic E-state index is 13.0. The molecular formula is C30H31N5O2. The number of amides is 1. The van der Waals surface area contributed by atoms with Gasteiger partial charge in [-0.15, -0.1) is 0 Å². The molecule has 7 heteroatoms. The minimum Gasteiger partial charge on any atom is -0.497 e. The van der Waals surface area contributed by atoms with Gasteiger partial charge in [0.2, 0.25) is 5.91 Å². The van der Waals surface area contributed by atoms with Crippen LogP contribution in [-0.4, -0.2) is 60.8 Å². The number of ether oxygens (including phenoxy) is 1. The largest absolute Gasteiger partial charge is 0.497 e. The van der Waals surface area contributed by atoms with Gasteiger partial charge in [-0.1, -0.05) is 31.2 Å². The Kier molecular flexibility index (Phi) is 5.05. The second-order valence-electron chi connectivity index (χ2n) is 10.4. The number of carbonyl (C=O) groups is 1. The molecule has 1 amide bonds. The Morgan fingerprint density at radius 2 is 1.84 bits per heavy atom. The second-order valence-corrected chi connectivity index (χ2v) is 10.4. The van der Waals surface area contributed by atoms with Gasteiger partial charge in [-0.05, 0) is 60.5 Å². The van der Waals surface area contributed by atoms with E-state index in [4.69, 9.17) is 4.74 Å². The Bertz CT molecular complexity index is 1500. The van der Waals surface area contributed by atoms with Gasteiger partial charge in [-0.25, -0.2) is 0 Å². The number of fused-ring (bicyclic) bond motifs is 3. The van der Waals surface area contributed by atoms with Gasteiger partial charge in [0.25, 0.3) is 0 Å². The first kappa shape index (κ1) is 22.4. The Labute approximate surface area is 216 Å². The van der Waals surface area contributed by atoms with E-state index in [1.54, 1.807) is 7.11 Å². The van der Waals surface area contributed by atoms with Crippen molar-refractivity contribution >= 4 is 28.2 Å². The van der Waals surface area contributed by atoms with Crippen LogP contribution in [0.3, 0.4) is 0 Å². The average molecular weight is 494 g/mol. The number of anilines is 2. The number of carbonyl (C=O) groups excluding carboxylic acids is 1. The van der Waals surface area contributed by atoms with Crippen LogP contribution in [0, 0.1) is 0 Å². The molecule has 2 atom stereocenters. The molecule has 4 aromatic rings. The number of methoxy groups -OCH3 is 1. The van der Waals surface area contributed by atoms with E-state index >= 15 is 0 Å². The maximum atomic E-state index is 13.0. The van der Waals surface area contributed by atoms with Crippen molar-refractivity contribution in [3.63, 3.8) is 0 Å². The summed E-state index contributed by atoms with van der Waals surface area (Å²) in [6.07, 6.45) is 0.805. The van der Waals surface area contributed by atoms with E-state index < -0.39 is 5.41 Å². The highest BCUT2D eigenvalue weighted by Gasteiger charge is 2.65. The monoisotopic (exact) mass is 493 g/mol. The molecule has 1 aliphatic carbocycles. The van der Waals surface area contributed by atoms with Crippen molar-refractivity contribution < 1.29 is 9.53 Å². The van der Waals surface area contributed by atoms with Gasteiger partial charge in [-0.3, -0.25) is 9.89 Å². The lowest BCUT2D eigenvalue weighted by Crippen LogP contribution is -2.46. The smallest absolute Gasteiger partial charge is 0.235 e. The van der Waals surface area contributed by atoms with Crippen LogP contribution in [0.2, 0.25) is 0 Å². The Morgan fingerprint density at radius 3 is 2.59 bits per heavy atom. The van der Waals surface area contributed by atoms with Gasteiger partial charge in [0, 0.05) is 54.4 Å². The summed E-state index contributed by atoms with van der Waals surface area (Å²) in [6.45, 7) is 7.73. The molecular weight excluding hydrogens is 462 g/mol. The summed E-state index contributed by atoms with van der Waals surface area (Å²) in [4.78, 5) is 18.0. The van der Waals surface area contributed by atoms with E-state index in [1.807, 2.05) is 18.2 Å². The van der Waals surface area contributed by atoms with Crippen LogP contribution in [0.25, 0.3) is 22.2 Å².